The van der Waals surface area contributed by atoms with Crippen molar-refractivity contribution >= 4 is 5.97 Å². The highest BCUT2D eigenvalue weighted by Gasteiger charge is 2.34. The minimum absolute atomic E-state index is 0.0202. The quantitative estimate of drug-likeness (QED) is 0.641. The molecule has 3 heterocycles. The molecule has 0 aliphatic rings. The topological polar surface area (TPSA) is 101 Å². The number of hydrogen-bond acceptors (Lipinski definition) is 5. The van der Waals surface area contributed by atoms with Crippen molar-refractivity contribution in [3.63, 3.8) is 0 Å². The maximum absolute atomic E-state index is 12.6. The molecule has 3 aromatic heterocycles. The van der Waals surface area contributed by atoms with Crippen molar-refractivity contribution < 1.29 is 27.8 Å². The molecule has 3 aromatic rings. The molecular weight excluding hydrogens is 389 g/mol. The number of carbonyl (C=O) groups is 1. The Morgan fingerprint density at radius 2 is 1.76 bits per heavy atom. The summed E-state index contributed by atoms with van der Waals surface area (Å²) < 4.78 is 43.4. The smallest absolute Gasteiger partial charge is 0.434 e. The molecule has 0 bridgehead atoms. The Kier molecular flexibility index (Phi) is 5.27. The van der Waals surface area contributed by atoms with Crippen LogP contribution < -0.4 is 4.74 Å². The summed E-state index contributed by atoms with van der Waals surface area (Å²) in [7, 11) is 0. The minimum atomic E-state index is -4.52. The molecular formula is C19H17F3N4O3. The molecule has 3 rings (SSSR count). The lowest BCUT2D eigenvalue weighted by molar-refractivity contribution is -0.148. The molecule has 0 aromatic carbocycles. The lowest BCUT2D eigenvalue weighted by Crippen LogP contribution is -2.30. The fraction of sp³-hybridized carbons (Fsp3) is 0.263. The van der Waals surface area contributed by atoms with Crippen molar-refractivity contribution in [1.82, 2.24) is 19.9 Å². The number of aromatic amines is 1. The number of pyridine rings is 2. The summed E-state index contributed by atoms with van der Waals surface area (Å²) in [4.78, 5) is 25.3. The van der Waals surface area contributed by atoms with E-state index in [0.717, 1.165) is 6.20 Å². The Morgan fingerprint density at radius 3 is 2.24 bits per heavy atom. The maximum Gasteiger partial charge on any atom is 0.434 e. The molecule has 0 amide bonds. The van der Waals surface area contributed by atoms with Gasteiger partial charge in [-0.1, -0.05) is 6.07 Å². The van der Waals surface area contributed by atoms with Gasteiger partial charge in [0.15, 0.2) is 11.5 Å². The van der Waals surface area contributed by atoms with Crippen LogP contribution in [-0.2, 0) is 11.0 Å². The molecule has 0 aliphatic heterocycles. The summed E-state index contributed by atoms with van der Waals surface area (Å²) in [5, 5.41) is 9.09. The van der Waals surface area contributed by atoms with Crippen LogP contribution in [0.1, 0.15) is 19.5 Å². The van der Waals surface area contributed by atoms with Crippen LogP contribution in [-0.4, -0.2) is 37.6 Å². The van der Waals surface area contributed by atoms with Crippen LogP contribution >= 0.6 is 0 Å². The molecule has 0 saturated carbocycles. The Hall–Kier alpha value is -3.43. The summed E-state index contributed by atoms with van der Waals surface area (Å²) in [5.41, 5.74) is -0.374. The molecule has 2 N–H and O–H groups in total. The lowest BCUT2D eigenvalue weighted by Gasteiger charge is -2.18. The zero-order valence-corrected chi connectivity index (χ0v) is 15.5. The summed E-state index contributed by atoms with van der Waals surface area (Å²) >= 11 is 0. The van der Waals surface area contributed by atoms with Crippen LogP contribution in [0.3, 0.4) is 0 Å². The monoisotopic (exact) mass is 406 g/mol. The second-order valence-electron chi connectivity index (χ2n) is 6.93. The van der Waals surface area contributed by atoms with Crippen LogP contribution in [0.25, 0.3) is 22.6 Å². The first-order chi connectivity index (χ1) is 13.6. The molecule has 0 radical (unpaired) electrons. The number of carboxylic acid groups (broad SMARTS) is 1. The Morgan fingerprint density at radius 1 is 1.10 bits per heavy atom. The molecule has 0 unspecified atom stereocenters. The van der Waals surface area contributed by atoms with E-state index in [1.54, 1.807) is 38.1 Å². The minimum Gasteiger partial charge on any atom is -0.481 e. The van der Waals surface area contributed by atoms with Crippen LogP contribution in [0, 0.1) is 5.41 Å². The SMILES string of the molecule is CC(C)(COc1ccc(-c2ccc(-c3nc(C(F)(F)F)c[nH]3)nc2)cn1)C(=O)O. The third-order valence-corrected chi connectivity index (χ3v) is 4.10. The molecule has 0 fully saturated rings. The predicted molar refractivity (Wildman–Crippen MR) is 97.0 cm³/mol. The van der Waals surface area contributed by atoms with E-state index in [4.69, 9.17) is 9.84 Å². The zero-order valence-electron chi connectivity index (χ0n) is 15.5. The number of rotatable bonds is 6. The van der Waals surface area contributed by atoms with Gasteiger partial charge in [-0.05, 0) is 26.0 Å². The van der Waals surface area contributed by atoms with Gasteiger partial charge >= 0.3 is 12.1 Å². The number of H-pyrrole nitrogens is 1. The Labute approximate surface area is 163 Å². The molecule has 0 saturated heterocycles. The van der Waals surface area contributed by atoms with Crippen molar-refractivity contribution in [2.75, 3.05) is 6.61 Å². The van der Waals surface area contributed by atoms with Gasteiger partial charge in [-0.25, -0.2) is 9.97 Å². The van der Waals surface area contributed by atoms with E-state index in [-0.39, 0.29) is 24.0 Å². The number of nitrogens with zero attached hydrogens (tertiary/aromatic N) is 3. The van der Waals surface area contributed by atoms with E-state index in [1.165, 1.54) is 12.4 Å². The Bertz CT molecular complexity index is 997. The third kappa shape index (κ3) is 4.71. The van der Waals surface area contributed by atoms with Gasteiger partial charge in [-0.3, -0.25) is 9.78 Å². The standard InChI is InChI=1S/C19H17F3N4O3/c1-18(2,17(27)28)10-29-15-6-4-12(8-24-15)11-3-5-13(23-7-11)16-25-9-14(26-16)19(20,21)22/h3-9H,10H2,1-2H3,(H,25,26)(H,27,28). The number of imidazole rings is 1. The predicted octanol–water partition coefficient (Wildman–Crippen LogP) is 4.04. The first kappa shape index (κ1) is 20.3. The highest BCUT2D eigenvalue weighted by Crippen LogP contribution is 2.29. The van der Waals surface area contributed by atoms with Crippen LogP contribution in [0.4, 0.5) is 13.2 Å². The summed E-state index contributed by atoms with van der Waals surface area (Å²) in [5.74, 6) is -0.672. The van der Waals surface area contributed by atoms with Crippen LogP contribution in [0.15, 0.2) is 42.9 Å². The van der Waals surface area contributed by atoms with E-state index in [2.05, 4.69) is 19.9 Å². The van der Waals surface area contributed by atoms with Gasteiger partial charge in [0.25, 0.3) is 0 Å². The second kappa shape index (κ2) is 7.53. The van der Waals surface area contributed by atoms with Crippen molar-refractivity contribution in [1.29, 1.82) is 0 Å². The maximum atomic E-state index is 12.6. The largest absolute Gasteiger partial charge is 0.481 e. The van der Waals surface area contributed by atoms with Gasteiger partial charge in [0.05, 0.1) is 5.41 Å². The number of aromatic nitrogens is 4. The molecule has 7 nitrogen and oxygen atoms in total. The van der Waals surface area contributed by atoms with E-state index < -0.39 is 23.3 Å². The second-order valence-corrected chi connectivity index (χ2v) is 6.93. The van der Waals surface area contributed by atoms with Crippen molar-refractivity contribution in [2.24, 2.45) is 5.41 Å². The van der Waals surface area contributed by atoms with Gasteiger partial charge in [0.1, 0.15) is 12.3 Å². The number of carboxylic acids is 1. The number of alkyl halides is 3. The highest BCUT2D eigenvalue weighted by molar-refractivity contribution is 5.73. The van der Waals surface area contributed by atoms with Gasteiger partial charge < -0.3 is 14.8 Å². The first-order valence-corrected chi connectivity index (χ1v) is 8.48. The van der Waals surface area contributed by atoms with Gasteiger partial charge in [0.2, 0.25) is 5.88 Å². The average molecular weight is 406 g/mol. The summed E-state index contributed by atoms with van der Waals surface area (Å²) in [6.07, 6.45) is -0.701. The Balaban J connectivity index is 1.70. The normalized spacial score (nSPS) is 12.0. The van der Waals surface area contributed by atoms with Crippen molar-refractivity contribution in [2.45, 2.75) is 20.0 Å². The molecule has 10 heteroatoms. The third-order valence-electron chi connectivity index (χ3n) is 4.10. The van der Waals surface area contributed by atoms with Gasteiger partial charge in [-0.15, -0.1) is 0 Å². The van der Waals surface area contributed by atoms with E-state index in [1.807, 2.05) is 0 Å². The average Bonchev–Trinajstić information content (AvgIpc) is 3.18. The van der Waals surface area contributed by atoms with Gasteiger partial charge in [0, 0.05) is 35.8 Å². The van der Waals surface area contributed by atoms with Crippen molar-refractivity contribution in [3.05, 3.63) is 48.5 Å². The molecule has 152 valence electrons. The fourth-order valence-electron chi connectivity index (χ4n) is 2.26. The summed E-state index contributed by atoms with van der Waals surface area (Å²) in [6.45, 7) is 3.06. The van der Waals surface area contributed by atoms with Crippen molar-refractivity contribution in [3.8, 4) is 28.5 Å². The van der Waals surface area contributed by atoms with Gasteiger partial charge in [-0.2, -0.15) is 13.2 Å². The number of hydrogen-bond donors (Lipinski definition) is 2. The molecule has 0 aliphatic carbocycles. The molecule has 29 heavy (non-hydrogen) atoms. The van der Waals surface area contributed by atoms with E-state index >= 15 is 0 Å². The van der Waals surface area contributed by atoms with Crippen LogP contribution in [0.5, 0.6) is 5.88 Å². The van der Waals surface area contributed by atoms with E-state index in [0.29, 0.717) is 11.1 Å². The number of halogens is 3. The summed E-state index contributed by atoms with van der Waals surface area (Å²) in [6, 6.07) is 6.56. The van der Waals surface area contributed by atoms with E-state index in [9.17, 15) is 18.0 Å². The van der Waals surface area contributed by atoms with Crippen LogP contribution in [0.2, 0.25) is 0 Å². The highest BCUT2D eigenvalue weighted by atomic mass is 19.4. The molecule has 0 spiro atoms. The zero-order chi connectivity index (χ0) is 21.2. The lowest BCUT2D eigenvalue weighted by atomic mass is 9.95. The fourth-order valence-corrected chi connectivity index (χ4v) is 2.26. The first-order valence-electron chi connectivity index (χ1n) is 8.48. The number of aliphatic carboxylic acids is 1. The molecule has 0 atom stereocenters. The number of ether oxygens (including phenoxy) is 1. The number of nitrogens with one attached hydrogen (secondary N) is 1.